The summed E-state index contributed by atoms with van der Waals surface area (Å²) in [5, 5.41) is 0. The number of likely N-dealkylation sites (N-methyl/N-ethyl adjacent to an activating group) is 1. The second kappa shape index (κ2) is 7.97. The molecule has 0 heterocycles. The highest BCUT2D eigenvalue weighted by Crippen LogP contribution is 2.36. The standard InChI is InChI=1S/C16H17F6N3O2/c1-9(13(26)23-8-24(2)3)25(4)14(27)10-5-11(15(17,18)19)7-12(6-10)16(20,21)22/h5-9H,1-4H3/b23-8+. The lowest BCUT2D eigenvalue weighted by Gasteiger charge is -2.23. The summed E-state index contributed by atoms with van der Waals surface area (Å²) >= 11 is 0. The molecule has 1 rings (SSSR count). The molecule has 0 aliphatic rings. The normalized spacial score (nSPS) is 13.6. The van der Waals surface area contributed by atoms with Gasteiger partial charge in [0.1, 0.15) is 6.04 Å². The average molecular weight is 397 g/mol. The van der Waals surface area contributed by atoms with Crippen LogP contribution < -0.4 is 0 Å². The first-order valence-electron chi connectivity index (χ1n) is 7.45. The van der Waals surface area contributed by atoms with Crippen LogP contribution in [0.5, 0.6) is 0 Å². The molecule has 5 nitrogen and oxygen atoms in total. The Kier molecular flexibility index (Phi) is 6.63. The van der Waals surface area contributed by atoms with Crippen LogP contribution in [0.25, 0.3) is 0 Å². The van der Waals surface area contributed by atoms with Crippen molar-refractivity contribution in [3.63, 3.8) is 0 Å². The summed E-state index contributed by atoms with van der Waals surface area (Å²) in [6, 6.07) is -0.646. The van der Waals surface area contributed by atoms with E-state index in [4.69, 9.17) is 0 Å². The molecule has 2 amide bonds. The van der Waals surface area contributed by atoms with Crippen molar-refractivity contribution in [3.05, 3.63) is 34.9 Å². The van der Waals surface area contributed by atoms with E-state index in [1.165, 1.54) is 11.8 Å². The largest absolute Gasteiger partial charge is 0.416 e. The summed E-state index contributed by atoms with van der Waals surface area (Å²) < 4.78 is 77.4. The van der Waals surface area contributed by atoms with Crippen molar-refractivity contribution in [2.24, 2.45) is 4.99 Å². The van der Waals surface area contributed by atoms with Crippen molar-refractivity contribution >= 4 is 18.2 Å². The second-order valence-corrected chi connectivity index (χ2v) is 5.93. The molecule has 1 aromatic carbocycles. The molecule has 0 bridgehead atoms. The van der Waals surface area contributed by atoms with E-state index < -0.39 is 46.9 Å². The van der Waals surface area contributed by atoms with Crippen LogP contribution in [0.2, 0.25) is 0 Å². The third-order valence-corrected chi connectivity index (χ3v) is 3.51. The van der Waals surface area contributed by atoms with E-state index in [-0.39, 0.29) is 6.07 Å². The van der Waals surface area contributed by atoms with Crippen LogP contribution in [-0.2, 0) is 17.1 Å². The number of amides is 2. The third kappa shape index (κ3) is 5.97. The number of hydrogen-bond acceptors (Lipinski definition) is 2. The van der Waals surface area contributed by atoms with Crippen LogP contribution in [0, 0.1) is 0 Å². The first kappa shape index (κ1) is 22.5. The van der Waals surface area contributed by atoms with E-state index in [0.29, 0.717) is 12.1 Å². The Labute approximate surface area is 151 Å². The van der Waals surface area contributed by atoms with Crippen LogP contribution >= 0.6 is 0 Å². The molecule has 11 heteroatoms. The predicted molar refractivity (Wildman–Crippen MR) is 85.2 cm³/mol. The van der Waals surface area contributed by atoms with Gasteiger partial charge in [-0.1, -0.05) is 0 Å². The van der Waals surface area contributed by atoms with E-state index in [9.17, 15) is 35.9 Å². The molecule has 0 saturated heterocycles. The van der Waals surface area contributed by atoms with Gasteiger partial charge in [-0.25, -0.2) is 4.99 Å². The third-order valence-electron chi connectivity index (χ3n) is 3.51. The van der Waals surface area contributed by atoms with Crippen LogP contribution in [-0.4, -0.2) is 55.1 Å². The fraction of sp³-hybridized carbons (Fsp3) is 0.438. The van der Waals surface area contributed by atoms with Crippen molar-refractivity contribution in [1.29, 1.82) is 0 Å². The Morgan fingerprint density at radius 2 is 1.41 bits per heavy atom. The van der Waals surface area contributed by atoms with Crippen LogP contribution in [0.3, 0.4) is 0 Å². The molecule has 0 aliphatic heterocycles. The minimum atomic E-state index is -5.08. The Bertz CT molecular complexity index is 708. The van der Waals surface area contributed by atoms with E-state index in [0.717, 1.165) is 18.3 Å². The summed E-state index contributed by atoms with van der Waals surface area (Å²) in [5.41, 5.74) is -4.06. The average Bonchev–Trinajstić information content (AvgIpc) is 2.55. The van der Waals surface area contributed by atoms with Gasteiger partial charge in [0.05, 0.1) is 17.5 Å². The zero-order valence-corrected chi connectivity index (χ0v) is 14.8. The molecule has 0 aliphatic carbocycles. The highest BCUT2D eigenvalue weighted by atomic mass is 19.4. The molecule has 1 atom stereocenters. The molecular formula is C16H17F6N3O2. The number of rotatable bonds is 4. The summed E-state index contributed by atoms with van der Waals surface area (Å²) in [4.78, 5) is 30.0. The summed E-state index contributed by atoms with van der Waals surface area (Å²) in [7, 11) is 4.25. The quantitative estimate of drug-likeness (QED) is 0.445. The van der Waals surface area contributed by atoms with Gasteiger partial charge in [-0.3, -0.25) is 9.59 Å². The number of aliphatic imine (C=N–C) groups is 1. The van der Waals surface area contributed by atoms with Gasteiger partial charge >= 0.3 is 12.4 Å². The van der Waals surface area contributed by atoms with E-state index in [1.54, 1.807) is 14.1 Å². The molecule has 0 spiro atoms. The number of halogens is 6. The Hall–Kier alpha value is -2.59. The minimum Gasteiger partial charge on any atom is -0.369 e. The SMILES string of the molecule is CC(C(=O)/N=C/N(C)C)N(C)C(=O)c1cc(C(F)(F)F)cc(C(F)(F)F)c1. The lowest BCUT2D eigenvalue weighted by molar-refractivity contribution is -0.143. The molecule has 0 aromatic heterocycles. The molecule has 0 fully saturated rings. The highest BCUT2D eigenvalue weighted by molar-refractivity contribution is 5.98. The number of nitrogens with zero attached hydrogens (tertiary/aromatic N) is 3. The fourth-order valence-electron chi connectivity index (χ4n) is 1.90. The maximum absolute atomic E-state index is 12.9. The number of carbonyl (C=O) groups excluding carboxylic acids is 2. The van der Waals surface area contributed by atoms with Crippen LogP contribution in [0.15, 0.2) is 23.2 Å². The van der Waals surface area contributed by atoms with Crippen LogP contribution in [0.1, 0.15) is 28.4 Å². The zero-order chi connectivity index (χ0) is 21.2. The lowest BCUT2D eigenvalue weighted by atomic mass is 10.0. The first-order chi connectivity index (χ1) is 12.1. The second-order valence-electron chi connectivity index (χ2n) is 5.93. The van der Waals surface area contributed by atoms with Gasteiger partial charge < -0.3 is 9.80 Å². The Morgan fingerprint density at radius 3 is 1.78 bits per heavy atom. The smallest absolute Gasteiger partial charge is 0.369 e. The molecule has 1 aromatic rings. The van der Waals surface area contributed by atoms with Gasteiger partial charge in [-0.2, -0.15) is 26.3 Å². The van der Waals surface area contributed by atoms with E-state index in [2.05, 4.69) is 4.99 Å². The molecule has 0 radical (unpaired) electrons. The summed E-state index contributed by atoms with van der Waals surface area (Å²) in [5.74, 6) is -1.96. The molecule has 0 N–H and O–H groups in total. The minimum absolute atomic E-state index is 0.0766. The van der Waals surface area contributed by atoms with Gasteiger partial charge in [-0.15, -0.1) is 0 Å². The van der Waals surface area contributed by atoms with E-state index >= 15 is 0 Å². The monoisotopic (exact) mass is 397 g/mol. The Morgan fingerprint density at radius 1 is 0.963 bits per heavy atom. The fourth-order valence-corrected chi connectivity index (χ4v) is 1.90. The maximum Gasteiger partial charge on any atom is 0.416 e. The van der Waals surface area contributed by atoms with Crippen molar-refractivity contribution in [3.8, 4) is 0 Å². The lowest BCUT2D eigenvalue weighted by Crippen LogP contribution is -2.40. The Balaban J connectivity index is 3.27. The number of benzene rings is 1. The summed E-state index contributed by atoms with van der Waals surface area (Å²) in [6.45, 7) is 1.26. The van der Waals surface area contributed by atoms with Crippen molar-refractivity contribution in [1.82, 2.24) is 9.80 Å². The maximum atomic E-state index is 12.9. The highest BCUT2D eigenvalue weighted by Gasteiger charge is 2.38. The zero-order valence-electron chi connectivity index (χ0n) is 14.8. The number of hydrogen-bond donors (Lipinski definition) is 0. The van der Waals surface area contributed by atoms with Crippen molar-refractivity contribution < 1.29 is 35.9 Å². The topological polar surface area (TPSA) is 53.0 Å². The predicted octanol–water partition coefficient (Wildman–Crippen LogP) is 3.30. The van der Waals surface area contributed by atoms with Crippen molar-refractivity contribution in [2.45, 2.75) is 25.3 Å². The molecular weight excluding hydrogens is 380 g/mol. The number of carbonyl (C=O) groups is 2. The van der Waals surface area contributed by atoms with Gasteiger partial charge in [0, 0.05) is 26.7 Å². The van der Waals surface area contributed by atoms with Gasteiger partial charge in [0.2, 0.25) is 0 Å². The molecule has 150 valence electrons. The van der Waals surface area contributed by atoms with Gasteiger partial charge in [-0.05, 0) is 25.1 Å². The molecule has 1 unspecified atom stereocenters. The molecule has 27 heavy (non-hydrogen) atoms. The molecule has 0 saturated carbocycles. The van der Waals surface area contributed by atoms with Crippen molar-refractivity contribution in [2.75, 3.05) is 21.1 Å². The number of alkyl halides is 6. The van der Waals surface area contributed by atoms with Gasteiger partial charge in [0.25, 0.3) is 11.8 Å². The summed E-state index contributed by atoms with van der Waals surface area (Å²) in [6.07, 6.45) is -9.00. The van der Waals surface area contributed by atoms with E-state index in [1.807, 2.05) is 0 Å². The van der Waals surface area contributed by atoms with Gasteiger partial charge in [0.15, 0.2) is 0 Å². The van der Waals surface area contributed by atoms with Crippen LogP contribution in [0.4, 0.5) is 26.3 Å². The first-order valence-corrected chi connectivity index (χ1v) is 7.45.